The van der Waals surface area contributed by atoms with Crippen molar-refractivity contribution >= 4 is 17.5 Å². The minimum atomic E-state index is -0.127. The van der Waals surface area contributed by atoms with Crippen LogP contribution in [0.4, 0.5) is 11.6 Å². The molecule has 0 aliphatic heterocycles. The summed E-state index contributed by atoms with van der Waals surface area (Å²) in [5.74, 6) is 2.08. The Kier molecular flexibility index (Phi) is 5.98. The first kappa shape index (κ1) is 18.4. The van der Waals surface area contributed by atoms with Gasteiger partial charge in [0.1, 0.15) is 17.5 Å². The van der Waals surface area contributed by atoms with Gasteiger partial charge in [-0.15, -0.1) is 0 Å². The highest BCUT2D eigenvalue weighted by Gasteiger charge is 2.07. The van der Waals surface area contributed by atoms with E-state index in [-0.39, 0.29) is 5.91 Å². The number of aryl methyl sites for hydroxylation is 1. The molecular weight excluding hydrogens is 342 g/mol. The fourth-order valence-electron chi connectivity index (χ4n) is 2.61. The topological polar surface area (TPSA) is 96.8 Å². The zero-order valence-corrected chi connectivity index (χ0v) is 15.4. The summed E-state index contributed by atoms with van der Waals surface area (Å²) in [4.78, 5) is 21.0. The Bertz CT molecular complexity index is 893. The molecule has 0 radical (unpaired) electrons. The number of hydrogen-bond donors (Lipinski definition) is 3. The Hall–Kier alpha value is -3.42. The Morgan fingerprint density at radius 3 is 2.63 bits per heavy atom. The number of nitrogens with zero attached hydrogens (tertiary/aromatic N) is 4. The van der Waals surface area contributed by atoms with Crippen molar-refractivity contribution in [3.05, 3.63) is 60.2 Å². The van der Waals surface area contributed by atoms with Gasteiger partial charge < -0.3 is 16.0 Å². The van der Waals surface area contributed by atoms with Crippen molar-refractivity contribution in [2.45, 2.75) is 13.8 Å². The van der Waals surface area contributed by atoms with Crippen LogP contribution < -0.4 is 16.0 Å². The van der Waals surface area contributed by atoms with Gasteiger partial charge in [-0.3, -0.25) is 4.79 Å². The molecule has 3 aromatic rings. The Labute approximate surface area is 158 Å². The number of anilines is 2. The third-order valence-corrected chi connectivity index (χ3v) is 3.79. The Morgan fingerprint density at radius 1 is 1.07 bits per heavy atom. The fraction of sp³-hybridized carbons (Fsp3) is 0.263. The first-order valence-corrected chi connectivity index (χ1v) is 8.87. The van der Waals surface area contributed by atoms with Gasteiger partial charge in [0, 0.05) is 43.7 Å². The monoisotopic (exact) mass is 365 g/mol. The SMILES string of the molecule is CCNc1cc(NCCNC(=O)c2cccc(-n3cccn3)c2)nc(C)n1. The van der Waals surface area contributed by atoms with E-state index in [4.69, 9.17) is 0 Å². The second kappa shape index (κ2) is 8.79. The average Bonchev–Trinajstić information content (AvgIpc) is 3.20. The van der Waals surface area contributed by atoms with Crippen LogP contribution >= 0.6 is 0 Å². The number of amides is 1. The van der Waals surface area contributed by atoms with Gasteiger partial charge in [-0.25, -0.2) is 14.6 Å². The molecule has 0 bridgehead atoms. The first-order chi connectivity index (χ1) is 13.2. The maximum Gasteiger partial charge on any atom is 0.251 e. The van der Waals surface area contributed by atoms with E-state index in [9.17, 15) is 4.79 Å². The molecular formula is C19H23N7O. The van der Waals surface area contributed by atoms with Crippen LogP contribution in [0.15, 0.2) is 48.8 Å². The summed E-state index contributed by atoms with van der Waals surface area (Å²) in [6.07, 6.45) is 3.54. The van der Waals surface area contributed by atoms with E-state index in [1.807, 2.05) is 50.4 Å². The van der Waals surface area contributed by atoms with E-state index in [0.29, 0.717) is 24.5 Å². The van der Waals surface area contributed by atoms with Gasteiger partial charge in [0.05, 0.1) is 5.69 Å². The predicted molar refractivity (Wildman–Crippen MR) is 105 cm³/mol. The summed E-state index contributed by atoms with van der Waals surface area (Å²) in [6.45, 7) is 5.70. The molecule has 1 amide bonds. The van der Waals surface area contributed by atoms with Gasteiger partial charge in [0.2, 0.25) is 0 Å². The molecule has 8 nitrogen and oxygen atoms in total. The molecule has 3 rings (SSSR count). The zero-order chi connectivity index (χ0) is 19.1. The lowest BCUT2D eigenvalue weighted by molar-refractivity contribution is 0.0955. The first-order valence-electron chi connectivity index (χ1n) is 8.87. The zero-order valence-electron chi connectivity index (χ0n) is 15.4. The third kappa shape index (κ3) is 5.04. The molecule has 2 aromatic heterocycles. The fourth-order valence-corrected chi connectivity index (χ4v) is 2.61. The molecule has 1 aromatic carbocycles. The van der Waals surface area contributed by atoms with Crippen LogP contribution in [0.3, 0.4) is 0 Å². The van der Waals surface area contributed by atoms with Crippen molar-refractivity contribution in [3.8, 4) is 5.69 Å². The van der Waals surface area contributed by atoms with Crippen molar-refractivity contribution in [2.75, 3.05) is 30.3 Å². The summed E-state index contributed by atoms with van der Waals surface area (Å²) in [7, 11) is 0. The maximum absolute atomic E-state index is 12.4. The second-order valence-corrected chi connectivity index (χ2v) is 5.90. The second-order valence-electron chi connectivity index (χ2n) is 5.90. The quantitative estimate of drug-likeness (QED) is 0.530. The van der Waals surface area contributed by atoms with Gasteiger partial charge >= 0.3 is 0 Å². The highest BCUT2D eigenvalue weighted by molar-refractivity contribution is 5.94. The van der Waals surface area contributed by atoms with E-state index < -0.39 is 0 Å². The standard InChI is InChI=1S/C19H23N7O/c1-3-20-17-13-18(25-14(2)24-17)21-9-10-22-19(27)15-6-4-7-16(12-15)26-11-5-8-23-26/h4-8,11-13H,3,9-10H2,1-2H3,(H,22,27)(H2,20,21,24,25). The van der Waals surface area contributed by atoms with Crippen molar-refractivity contribution in [1.82, 2.24) is 25.1 Å². The number of nitrogens with one attached hydrogen (secondary N) is 3. The predicted octanol–water partition coefficient (Wildman–Crippen LogP) is 2.24. The lowest BCUT2D eigenvalue weighted by Crippen LogP contribution is -2.29. The van der Waals surface area contributed by atoms with Crippen LogP contribution in [0.1, 0.15) is 23.1 Å². The molecule has 0 fully saturated rings. The normalized spacial score (nSPS) is 10.4. The highest BCUT2D eigenvalue weighted by atomic mass is 16.1. The van der Waals surface area contributed by atoms with Crippen LogP contribution in [-0.4, -0.2) is 45.3 Å². The molecule has 0 unspecified atom stereocenters. The van der Waals surface area contributed by atoms with Crippen LogP contribution in [0.25, 0.3) is 5.69 Å². The summed E-state index contributed by atoms with van der Waals surface area (Å²) in [6, 6.07) is 11.0. The molecule has 0 saturated carbocycles. The van der Waals surface area contributed by atoms with Gasteiger partial charge in [-0.05, 0) is 38.1 Å². The molecule has 3 N–H and O–H groups in total. The Balaban J connectivity index is 1.52. The van der Waals surface area contributed by atoms with Crippen LogP contribution in [-0.2, 0) is 0 Å². The summed E-state index contributed by atoms with van der Waals surface area (Å²) >= 11 is 0. The van der Waals surface area contributed by atoms with Gasteiger partial charge in [0.25, 0.3) is 5.91 Å². The maximum atomic E-state index is 12.4. The van der Waals surface area contributed by atoms with E-state index >= 15 is 0 Å². The van der Waals surface area contributed by atoms with Crippen LogP contribution in [0, 0.1) is 6.92 Å². The number of aromatic nitrogens is 4. The summed E-state index contributed by atoms with van der Waals surface area (Å²) < 4.78 is 1.72. The largest absolute Gasteiger partial charge is 0.370 e. The Morgan fingerprint density at radius 2 is 1.89 bits per heavy atom. The lowest BCUT2D eigenvalue weighted by atomic mass is 10.2. The van der Waals surface area contributed by atoms with Gasteiger partial charge in [0.15, 0.2) is 0 Å². The van der Waals surface area contributed by atoms with Gasteiger partial charge in [-0.1, -0.05) is 6.07 Å². The number of rotatable bonds is 8. The molecule has 0 aliphatic rings. The third-order valence-electron chi connectivity index (χ3n) is 3.79. The minimum Gasteiger partial charge on any atom is -0.370 e. The van der Waals surface area contributed by atoms with Crippen LogP contribution in [0.2, 0.25) is 0 Å². The molecule has 140 valence electrons. The van der Waals surface area contributed by atoms with Crippen molar-refractivity contribution in [2.24, 2.45) is 0 Å². The molecule has 8 heteroatoms. The van der Waals surface area contributed by atoms with Crippen molar-refractivity contribution in [3.63, 3.8) is 0 Å². The number of benzene rings is 1. The summed E-state index contributed by atoms with van der Waals surface area (Å²) in [5, 5.41) is 13.5. The van der Waals surface area contributed by atoms with E-state index in [1.54, 1.807) is 16.9 Å². The molecule has 0 spiro atoms. The van der Waals surface area contributed by atoms with Crippen LogP contribution in [0.5, 0.6) is 0 Å². The summed E-state index contributed by atoms with van der Waals surface area (Å²) in [5.41, 5.74) is 1.44. The number of carbonyl (C=O) groups excluding carboxylic acids is 1. The van der Waals surface area contributed by atoms with Crippen molar-refractivity contribution in [1.29, 1.82) is 0 Å². The molecule has 0 aliphatic carbocycles. The highest BCUT2D eigenvalue weighted by Crippen LogP contribution is 2.11. The van der Waals surface area contributed by atoms with Crippen molar-refractivity contribution < 1.29 is 4.79 Å². The number of carbonyl (C=O) groups is 1. The van der Waals surface area contributed by atoms with Gasteiger partial charge in [-0.2, -0.15) is 5.10 Å². The van der Waals surface area contributed by atoms with E-state index in [0.717, 1.165) is 23.9 Å². The molecule has 0 atom stereocenters. The molecule has 2 heterocycles. The average molecular weight is 365 g/mol. The minimum absolute atomic E-state index is 0.127. The lowest BCUT2D eigenvalue weighted by Gasteiger charge is -2.10. The number of hydrogen-bond acceptors (Lipinski definition) is 6. The molecule has 0 saturated heterocycles. The molecule has 27 heavy (non-hydrogen) atoms. The smallest absolute Gasteiger partial charge is 0.251 e. The van der Waals surface area contributed by atoms with E-state index in [1.165, 1.54) is 0 Å². The van der Waals surface area contributed by atoms with E-state index in [2.05, 4.69) is 31.0 Å².